The zero-order chi connectivity index (χ0) is 12.3. The topological polar surface area (TPSA) is 38.3 Å². The molecule has 1 aromatic carbocycles. The third-order valence-corrected chi connectivity index (χ3v) is 3.18. The molecule has 0 bridgehead atoms. The van der Waals surface area contributed by atoms with Crippen molar-refractivity contribution in [1.82, 2.24) is 5.32 Å². The van der Waals surface area contributed by atoms with Crippen LogP contribution in [0, 0.1) is 0 Å². The lowest BCUT2D eigenvalue weighted by Gasteiger charge is -2.35. The Morgan fingerprint density at radius 3 is 2.59 bits per heavy atom. The van der Waals surface area contributed by atoms with Crippen molar-refractivity contribution in [3.05, 3.63) is 29.8 Å². The Bertz CT molecular complexity index is 385. The van der Waals surface area contributed by atoms with E-state index in [0.717, 1.165) is 24.2 Å². The maximum atomic E-state index is 11.0. The molecule has 0 unspecified atom stereocenters. The average molecular weight is 235 g/mol. The third kappa shape index (κ3) is 3.30. The van der Waals surface area contributed by atoms with Crippen molar-refractivity contribution >= 4 is 5.78 Å². The largest absolute Gasteiger partial charge is 0.490 e. The van der Waals surface area contributed by atoms with Crippen molar-refractivity contribution in [2.24, 2.45) is 0 Å². The van der Waals surface area contributed by atoms with E-state index in [-0.39, 0.29) is 7.21 Å². The highest BCUT2D eigenvalue weighted by Crippen LogP contribution is 2.25. The predicted octanol–water partition coefficient (Wildman–Crippen LogP) is 2.19. The lowest BCUT2D eigenvalue weighted by atomic mass is 9.89. The highest BCUT2D eigenvalue weighted by atomic mass is 16.5. The molecule has 3 heteroatoms. The van der Waals surface area contributed by atoms with Crippen LogP contribution in [0.2, 0.25) is 0 Å². The molecular formula is C14H21NO2. The Hall–Kier alpha value is -1.35. The van der Waals surface area contributed by atoms with Crippen LogP contribution in [-0.2, 0) is 11.2 Å². The third-order valence-electron chi connectivity index (χ3n) is 3.18. The first-order chi connectivity index (χ1) is 8.17. The molecule has 1 N–H and O–H groups in total. The molecule has 3 nitrogen and oxygen atoms in total. The summed E-state index contributed by atoms with van der Waals surface area (Å²) in [6, 6.07) is 8.43. The fraction of sp³-hybridized carbons (Fsp3) is 0.500. The predicted molar refractivity (Wildman–Crippen MR) is 69.4 cm³/mol. The van der Waals surface area contributed by atoms with Crippen LogP contribution in [0.5, 0.6) is 5.75 Å². The van der Waals surface area contributed by atoms with Gasteiger partial charge in [-0.3, -0.25) is 4.79 Å². The minimum atomic E-state index is 0. The molecule has 2 rings (SSSR count). The molecule has 1 saturated carbocycles. The van der Waals surface area contributed by atoms with Crippen LogP contribution in [0.4, 0.5) is 0 Å². The highest BCUT2D eigenvalue weighted by Gasteiger charge is 2.29. The summed E-state index contributed by atoms with van der Waals surface area (Å²) in [4.78, 5) is 11.0. The van der Waals surface area contributed by atoms with Gasteiger partial charge in [0.05, 0.1) is 0 Å². The Kier molecular flexibility index (Phi) is 3.79. The van der Waals surface area contributed by atoms with Crippen molar-refractivity contribution < 1.29 is 11.0 Å². The molecule has 1 aromatic rings. The molecule has 0 atom stereocenters. The van der Waals surface area contributed by atoms with Crippen LogP contribution in [0.15, 0.2) is 24.3 Å². The number of hydrogen-bond donors (Lipinski definition) is 1. The molecule has 1 fully saturated rings. The van der Waals surface area contributed by atoms with E-state index in [0.29, 0.717) is 18.6 Å². The van der Waals surface area contributed by atoms with Gasteiger partial charge < -0.3 is 10.1 Å². The Morgan fingerprint density at radius 2 is 2.06 bits per heavy atom. The molecule has 17 heavy (non-hydrogen) atoms. The molecule has 1 aliphatic rings. The fourth-order valence-corrected chi connectivity index (χ4v) is 2.06. The maximum absolute atomic E-state index is 11.0. The van der Waals surface area contributed by atoms with E-state index in [1.807, 2.05) is 31.3 Å². The lowest BCUT2D eigenvalue weighted by Crippen LogP contribution is -2.45. The second-order valence-electron chi connectivity index (χ2n) is 4.72. The van der Waals surface area contributed by atoms with Gasteiger partial charge in [-0.1, -0.05) is 12.1 Å². The smallest absolute Gasteiger partial charge is 0.134 e. The standard InChI is InChI=1S/C14H19NO2.H2/c1-10(16)7-11-3-5-13(6-4-11)17-14-8-12(9-14)15-2;/h3-6,12,14-15H,7-9H2,1-2H3;1H. The Balaban J connectivity index is 0.00000162. The maximum Gasteiger partial charge on any atom is 0.134 e. The van der Waals surface area contributed by atoms with Gasteiger partial charge in [-0.25, -0.2) is 0 Å². The number of Topliss-reactive ketones (excluding diaryl/α,β-unsaturated/α-hetero) is 1. The second kappa shape index (κ2) is 5.32. The SMILES string of the molecule is CNC1CC(Oc2ccc(CC(C)=O)cc2)C1.[HH]. The van der Waals surface area contributed by atoms with Crippen LogP contribution in [-0.4, -0.2) is 25.0 Å². The van der Waals surface area contributed by atoms with Gasteiger partial charge in [-0.2, -0.15) is 0 Å². The van der Waals surface area contributed by atoms with Crippen molar-refractivity contribution in [3.8, 4) is 5.75 Å². The Morgan fingerprint density at radius 1 is 1.41 bits per heavy atom. The summed E-state index contributed by atoms with van der Waals surface area (Å²) in [5, 5.41) is 3.23. The number of ketones is 1. The van der Waals surface area contributed by atoms with Crippen molar-refractivity contribution in [2.75, 3.05) is 7.05 Å². The van der Waals surface area contributed by atoms with Crippen molar-refractivity contribution in [1.29, 1.82) is 0 Å². The van der Waals surface area contributed by atoms with E-state index in [1.54, 1.807) is 6.92 Å². The normalized spacial score (nSPS) is 22.9. The van der Waals surface area contributed by atoms with Gasteiger partial charge in [0.1, 0.15) is 17.6 Å². The summed E-state index contributed by atoms with van der Waals surface area (Å²) < 4.78 is 5.82. The van der Waals surface area contributed by atoms with Gasteiger partial charge in [0.15, 0.2) is 0 Å². The molecule has 94 valence electrons. The second-order valence-corrected chi connectivity index (χ2v) is 4.72. The average Bonchev–Trinajstić information content (AvgIpc) is 2.24. The fourth-order valence-electron chi connectivity index (χ4n) is 2.06. The first-order valence-electron chi connectivity index (χ1n) is 6.09. The van der Waals surface area contributed by atoms with Gasteiger partial charge in [-0.15, -0.1) is 0 Å². The van der Waals surface area contributed by atoms with E-state index in [1.165, 1.54) is 0 Å². The number of nitrogens with one attached hydrogen (secondary N) is 1. The van der Waals surface area contributed by atoms with E-state index in [4.69, 9.17) is 4.74 Å². The van der Waals surface area contributed by atoms with Crippen LogP contribution >= 0.6 is 0 Å². The molecule has 0 radical (unpaired) electrons. The van der Waals surface area contributed by atoms with E-state index in [9.17, 15) is 4.79 Å². The van der Waals surface area contributed by atoms with Crippen molar-refractivity contribution in [3.63, 3.8) is 0 Å². The van der Waals surface area contributed by atoms with E-state index >= 15 is 0 Å². The minimum Gasteiger partial charge on any atom is -0.490 e. The Labute approximate surface area is 104 Å². The van der Waals surface area contributed by atoms with Crippen LogP contribution in [0.3, 0.4) is 0 Å². The molecule has 0 spiro atoms. The molecule has 0 heterocycles. The van der Waals surface area contributed by atoms with E-state index < -0.39 is 0 Å². The first kappa shape index (κ1) is 12.1. The first-order valence-corrected chi connectivity index (χ1v) is 6.09. The number of rotatable bonds is 5. The number of hydrogen-bond acceptors (Lipinski definition) is 3. The minimum absolute atomic E-state index is 0. The zero-order valence-electron chi connectivity index (χ0n) is 10.4. The molecule has 0 amide bonds. The summed E-state index contributed by atoms with van der Waals surface area (Å²) in [6.07, 6.45) is 2.99. The number of carbonyl (C=O) groups excluding carboxylic acids is 1. The summed E-state index contributed by atoms with van der Waals surface area (Å²) in [5.41, 5.74) is 1.05. The zero-order valence-corrected chi connectivity index (χ0v) is 10.4. The quantitative estimate of drug-likeness (QED) is 0.850. The summed E-state index contributed by atoms with van der Waals surface area (Å²) in [6.45, 7) is 1.61. The van der Waals surface area contributed by atoms with E-state index in [2.05, 4.69) is 5.32 Å². The number of ether oxygens (including phenoxy) is 1. The molecule has 1 aliphatic carbocycles. The summed E-state index contributed by atoms with van der Waals surface area (Å²) >= 11 is 0. The van der Waals surface area contributed by atoms with Gasteiger partial charge in [0.2, 0.25) is 0 Å². The van der Waals surface area contributed by atoms with Crippen molar-refractivity contribution in [2.45, 2.75) is 38.3 Å². The lowest BCUT2D eigenvalue weighted by molar-refractivity contribution is -0.116. The van der Waals surface area contributed by atoms with Gasteiger partial charge in [0, 0.05) is 13.9 Å². The molecule has 0 aromatic heterocycles. The summed E-state index contributed by atoms with van der Waals surface area (Å²) in [5.74, 6) is 1.09. The van der Waals surface area contributed by atoms with Gasteiger partial charge in [0.25, 0.3) is 0 Å². The number of benzene rings is 1. The molecular weight excluding hydrogens is 214 g/mol. The van der Waals surface area contributed by atoms with Gasteiger partial charge >= 0.3 is 0 Å². The number of carbonyl (C=O) groups is 1. The van der Waals surface area contributed by atoms with Gasteiger partial charge in [-0.05, 0) is 44.5 Å². The summed E-state index contributed by atoms with van der Waals surface area (Å²) in [7, 11) is 1.98. The van der Waals surface area contributed by atoms with Crippen LogP contribution < -0.4 is 10.1 Å². The monoisotopic (exact) mass is 235 g/mol. The van der Waals surface area contributed by atoms with Crippen LogP contribution in [0.25, 0.3) is 0 Å². The highest BCUT2D eigenvalue weighted by molar-refractivity contribution is 5.78. The molecule has 0 aliphatic heterocycles. The van der Waals surface area contributed by atoms with Crippen LogP contribution in [0.1, 0.15) is 26.8 Å². The molecule has 0 saturated heterocycles.